The summed E-state index contributed by atoms with van der Waals surface area (Å²) in [5.41, 5.74) is 2.23. The van der Waals surface area contributed by atoms with Crippen molar-refractivity contribution in [2.75, 3.05) is 45.3 Å². The van der Waals surface area contributed by atoms with Crippen LogP contribution in [0, 0.1) is 0 Å². The number of nitrogens with zero attached hydrogens (tertiary/aromatic N) is 1. The molecule has 3 rings (SSSR count). The number of rotatable bonds is 8. The number of aliphatic imine (C=N–C) groups is 1. The first-order valence-electron chi connectivity index (χ1n) is 10.7. The van der Waals surface area contributed by atoms with Crippen molar-refractivity contribution in [3.63, 3.8) is 0 Å². The molecule has 0 unspecified atom stereocenters. The van der Waals surface area contributed by atoms with E-state index in [-0.39, 0.29) is 5.41 Å². The molecular formula is C24H33N3O3. The lowest BCUT2D eigenvalue weighted by molar-refractivity contribution is 0.0531. The van der Waals surface area contributed by atoms with Crippen molar-refractivity contribution in [3.05, 3.63) is 54.1 Å². The van der Waals surface area contributed by atoms with Crippen LogP contribution in [0.5, 0.6) is 11.5 Å². The second kappa shape index (κ2) is 10.9. The van der Waals surface area contributed by atoms with Gasteiger partial charge in [0.25, 0.3) is 0 Å². The molecule has 162 valence electrons. The molecule has 0 spiro atoms. The van der Waals surface area contributed by atoms with Gasteiger partial charge in [-0.3, -0.25) is 4.99 Å². The number of hydrogen-bond acceptors (Lipinski definition) is 4. The summed E-state index contributed by atoms with van der Waals surface area (Å²) in [5, 5.41) is 6.77. The SMILES string of the molecule is CCNC(=NCC1(c2ccccc2)CCOCC1)Nc1ccc(OC)c(OCC)c1. The summed E-state index contributed by atoms with van der Waals surface area (Å²) in [5.74, 6) is 2.19. The van der Waals surface area contributed by atoms with Crippen LogP contribution in [0.1, 0.15) is 32.3 Å². The smallest absolute Gasteiger partial charge is 0.195 e. The van der Waals surface area contributed by atoms with Gasteiger partial charge in [0.15, 0.2) is 17.5 Å². The quantitative estimate of drug-likeness (QED) is 0.503. The van der Waals surface area contributed by atoms with Crippen LogP contribution >= 0.6 is 0 Å². The molecule has 1 aliphatic heterocycles. The Bertz CT molecular complexity index is 818. The maximum atomic E-state index is 5.70. The predicted octanol–water partition coefficient (Wildman–Crippen LogP) is 4.22. The third-order valence-corrected chi connectivity index (χ3v) is 5.45. The zero-order valence-electron chi connectivity index (χ0n) is 18.2. The maximum absolute atomic E-state index is 5.70. The molecule has 0 radical (unpaired) electrons. The fraction of sp³-hybridized carbons (Fsp3) is 0.458. The average molecular weight is 412 g/mol. The molecule has 0 atom stereocenters. The molecule has 1 fully saturated rings. The van der Waals surface area contributed by atoms with Gasteiger partial charge in [0, 0.05) is 36.9 Å². The minimum Gasteiger partial charge on any atom is -0.493 e. The zero-order valence-corrected chi connectivity index (χ0v) is 18.2. The number of guanidine groups is 1. The Hall–Kier alpha value is -2.73. The van der Waals surface area contributed by atoms with Crippen LogP contribution in [-0.2, 0) is 10.2 Å². The monoisotopic (exact) mass is 411 g/mol. The van der Waals surface area contributed by atoms with E-state index in [1.54, 1.807) is 7.11 Å². The van der Waals surface area contributed by atoms with Gasteiger partial charge in [0.2, 0.25) is 0 Å². The van der Waals surface area contributed by atoms with Gasteiger partial charge in [-0.05, 0) is 44.4 Å². The second-order valence-corrected chi connectivity index (χ2v) is 7.38. The van der Waals surface area contributed by atoms with Crippen LogP contribution in [0.25, 0.3) is 0 Å². The summed E-state index contributed by atoms with van der Waals surface area (Å²) >= 11 is 0. The molecule has 1 heterocycles. The van der Waals surface area contributed by atoms with Crippen molar-refractivity contribution in [1.29, 1.82) is 0 Å². The lowest BCUT2D eigenvalue weighted by Gasteiger charge is -2.36. The molecule has 2 aromatic rings. The van der Waals surface area contributed by atoms with Crippen molar-refractivity contribution in [2.45, 2.75) is 32.1 Å². The molecule has 0 aliphatic carbocycles. The summed E-state index contributed by atoms with van der Waals surface area (Å²) in [6, 6.07) is 16.5. The molecular weight excluding hydrogens is 378 g/mol. The molecule has 1 saturated heterocycles. The summed E-state index contributed by atoms with van der Waals surface area (Å²) in [4.78, 5) is 4.97. The van der Waals surface area contributed by atoms with E-state index in [9.17, 15) is 0 Å². The van der Waals surface area contributed by atoms with Gasteiger partial charge in [-0.15, -0.1) is 0 Å². The lowest BCUT2D eigenvalue weighted by Crippen LogP contribution is -2.39. The Morgan fingerprint density at radius 3 is 2.50 bits per heavy atom. The third-order valence-electron chi connectivity index (χ3n) is 5.45. The van der Waals surface area contributed by atoms with Crippen molar-refractivity contribution in [2.24, 2.45) is 4.99 Å². The van der Waals surface area contributed by atoms with Crippen LogP contribution in [0.4, 0.5) is 5.69 Å². The van der Waals surface area contributed by atoms with Gasteiger partial charge in [-0.2, -0.15) is 0 Å². The van der Waals surface area contributed by atoms with Crippen LogP contribution in [0.15, 0.2) is 53.5 Å². The van der Waals surface area contributed by atoms with Gasteiger partial charge in [0.05, 0.1) is 20.3 Å². The molecule has 0 bridgehead atoms. The van der Waals surface area contributed by atoms with Gasteiger partial charge in [-0.1, -0.05) is 30.3 Å². The van der Waals surface area contributed by atoms with E-state index < -0.39 is 0 Å². The minimum absolute atomic E-state index is 0.00173. The van der Waals surface area contributed by atoms with E-state index in [1.807, 2.05) is 25.1 Å². The molecule has 0 aromatic heterocycles. The van der Waals surface area contributed by atoms with Gasteiger partial charge in [-0.25, -0.2) is 0 Å². The maximum Gasteiger partial charge on any atom is 0.195 e. The number of nitrogens with one attached hydrogen (secondary N) is 2. The molecule has 6 nitrogen and oxygen atoms in total. The fourth-order valence-electron chi connectivity index (χ4n) is 3.79. The first kappa shape index (κ1) is 22.0. The lowest BCUT2D eigenvalue weighted by atomic mass is 9.74. The summed E-state index contributed by atoms with van der Waals surface area (Å²) in [7, 11) is 1.65. The summed E-state index contributed by atoms with van der Waals surface area (Å²) in [6.45, 7) is 7.62. The Morgan fingerprint density at radius 2 is 1.83 bits per heavy atom. The predicted molar refractivity (Wildman–Crippen MR) is 122 cm³/mol. The van der Waals surface area contributed by atoms with Crippen LogP contribution in [0.2, 0.25) is 0 Å². The van der Waals surface area contributed by atoms with Crippen molar-refractivity contribution in [1.82, 2.24) is 5.32 Å². The molecule has 30 heavy (non-hydrogen) atoms. The Kier molecular flexibility index (Phi) is 7.97. The molecule has 2 N–H and O–H groups in total. The highest BCUT2D eigenvalue weighted by atomic mass is 16.5. The summed E-state index contributed by atoms with van der Waals surface area (Å²) in [6.07, 6.45) is 1.94. The Balaban J connectivity index is 1.82. The number of hydrogen-bond donors (Lipinski definition) is 2. The highest BCUT2D eigenvalue weighted by molar-refractivity contribution is 5.94. The molecule has 2 aromatic carbocycles. The topological polar surface area (TPSA) is 64.1 Å². The normalized spacial score (nSPS) is 16.0. The van der Waals surface area contributed by atoms with Gasteiger partial charge < -0.3 is 24.8 Å². The zero-order chi connectivity index (χ0) is 21.2. The summed E-state index contributed by atoms with van der Waals surface area (Å²) < 4.78 is 16.7. The molecule has 0 amide bonds. The second-order valence-electron chi connectivity index (χ2n) is 7.38. The van der Waals surface area contributed by atoms with E-state index in [0.717, 1.165) is 50.0 Å². The Morgan fingerprint density at radius 1 is 1.07 bits per heavy atom. The van der Waals surface area contributed by atoms with Crippen molar-refractivity contribution in [3.8, 4) is 11.5 Å². The van der Waals surface area contributed by atoms with Gasteiger partial charge >= 0.3 is 0 Å². The standard InChI is InChI=1S/C24H33N3O3/c1-4-25-23(27-20-11-12-21(28-3)22(17-20)30-5-2)26-18-24(13-15-29-16-14-24)19-9-7-6-8-10-19/h6-12,17H,4-5,13-16,18H2,1-3H3,(H2,25,26,27). The van der Waals surface area contributed by atoms with E-state index in [1.165, 1.54) is 5.56 Å². The molecule has 0 saturated carbocycles. The highest BCUT2D eigenvalue weighted by Gasteiger charge is 2.34. The fourth-order valence-corrected chi connectivity index (χ4v) is 3.79. The molecule has 6 heteroatoms. The van der Waals surface area contributed by atoms with E-state index in [2.05, 4.69) is 47.9 Å². The van der Waals surface area contributed by atoms with E-state index in [0.29, 0.717) is 18.9 Å². The number of anilines is 1. The largest absolute Gasteiger partial charge is 0.493 e. The van der Waals surface area contributed by atoms with Crippen LogP contribution < -0.4 is 20.1 Å². The highest BCUT2D eigenvalue weighted by Crippen LogP contribution is 2.35. The van der Waals surface area contributed by atoms with Crippen LogP contribution in [-0.4, -0.2) is 46.0 Å². The van der Waals surface area contributed by atoms with Crippen molar-refractivity contribution < 1.29 is 14.2 Å². The molecule has 1 aliphatic rings. The average Bonchev–Trinajstić information content (AvgIpc) is 2.79. The van der Waals surface area contributed by atoms with E-state index in [4.69, 9.17) is 19.2 Å². The van der Waals surface area contributed by atoms with Gasteiger partial charge in [0.1, 0.15) is 0 Å². The minimum atomic E-state index is -0.00173. The number of methoxy groups -OCH3 is 1. The first-order valence-corrected chi connectivity index (χ1v) is 10.7. The number of benzene rings is 2. The third kappa shape index (κ3) is 5.45. The Labute approximate surface area is 179 Å². The van der Waals surface area contributed by atoms with Crippen LogP contribution in [0.3, 0.4) is 0 Å². The van der Waals surface area contributed by atoms with Crippen molar-refractivity contribution >= 4 is 11.6 Å². The number of ether oxygens (including phenoxy) is 3. The first-order chi connectivity index (χ1) is 14.7. The van der Waals surface area contributed by atoms with E-state index >= 15 is 0 Å².